The summed E-state index contributed by atoms with van der Waals surface area (Å²) in [6.45, 7) is 2.30. The lowest BCUT2D eigenvalue weighted by molar-refractivity contribution is 0.566. The molecule has 1 unspecified atom stereocenters. The second-order valence-corrected chi connectivity index (χ2v) is 6.35. The molecule has 1 atom stereocenters. The van der Waals surface area contributed by atoms with Crippen LogP contribution in [0.2, 0.25) is 0 Å². The van der Waals surface area contributed by atoms with E-state index in [2.05, 4.69) is 4.72 Å². The zero-order chi connectivity index (χ0) is 11.0. The maximum absolute atomic E-state index is 11.4. The molecule has 0 aliphatic rings. The topological polar surface area (TPSA) is 72.2 Å². The van der Waals surface area contributed by atoms with Gasteiger partial charge in [-0.25, -0.2) is 13.1 Å². The molecule has 86 valence electrons. The van der Waals surface area contributed by atoms with Crippen molar-refractivity contribution in [3.63, 3.8) is 0 Å². The summed E-state index contributed by atoms with van der Waals surface area (Å²) in [6.07, 6.45) is 3.97. The maximum atomic E-state index is 11.4. The normalized spacial score (nSPS) is 14.2. The van der Waals surface area contributed by atoms with E-state index in [9.17, 15) is 8.42 Å². The Morgan fingerprint density at radius 2 is 2.07 bits per heavy atom. The molecule has 0 heterocycles. The molecule has 0 rings (SSSR count). The van der Waals surface area contributed by atoms with Crippen LogP contribution in [0.4, 0.5) is 0 Å². The Balaban J connectivity index is 3.67. The first-order valence-corrected chi connectivity index (χ1v) is 7.66. The summed E-state index contributed by atoms with van der Waals surface area (Å²) in [4.78, 5) is 0. The minimum Gasteiger partial charge on any atom is -0.329 e. The van der Waals surface area contributed by atoms with E-state index in [1.165, 1.54) is 0 Å². The predicted octanol–water partition coefficient (Wildman–Crippen LogP) is 0.396. The van der Waals surface area contributed by atoms with Crippen LogP contribution in [0.1, 0.15) is 19.8 Å². The molecule has 0 aliphatic carbocycles. The fourth-order valence-electron chi connectivity index (χ4n) is 0.855. The van der Waals surface area contributed by atoms with Crippen LogP contribution in [-0.4, -0.2) is 38.8 Å². The van der Waals surface area contributed by atoms with Crippen LogP contribution in [0, 0.1) is 0 Å². The van der Waals surface area contributed by atoms with Crippen LogP contribution in [0.15, 0.2) is 0 Å². The lowest BCUT2D eigenvalue weighted by Crippen LogP contribution is -2.37. The van der Waals surface area contributed by atoms with Crippen molar-refractivity contribution in [2.45, 2.75) is 25.0 Å². The molecule has 0 saturated carbocycles. The summed E-state index contributed by atoms with van der Waals surface area (Å²) in [6, 6.07) is 0. The Morgan fingerprint density at radius 1 is 1.43 bits per heavy atom. The van der Waals surface area contributed by atoms with Crippen molar-refractivity contribution in [3.8, 4) is 0 Å². The standard InChI is InChI=1S/C8H20N2O2S2/c1-8(7-9)14(11,12)10-5-3-4-6-13-2/h8,10H,3-7,9H2,1-2H3. The van der Waals surface area contributed by atoms with Crippen LogP contribution in [0.25, 0.3) is 0 Å². The van der Waals surface area contributed by atoms with Gasteiger partial charge in [0, 0.05) is 13.1 Å². The molecule has 0 fully saturated rings. The zero-order valence-electron chi connectivity index (χ0n) is 8.82. The van der Waals surface area contributed by atoms with Crippen molar-refractivity contribution in [2.75, 3.05) is 25.1 Å². The van der Waals surface area contributed by atoms with E-state index in [0.29, 0.717) is 6.54 Å². The lowest BCUT2D eigenvalue weighted by atomic mass is 10.3. The van der Waals surface area contributed by atoms with E-state index in [1.54, 1.807) is 18.7 Å². The third-order valence-corrected chi connectivity index (χ3v) is 4.50. The van der Waals surface area contributed by atoms with Gasteiger partial charge in [0.05, 0.1) is 5.25 Å². The van der Waals surface area contributed by atoms with Gasteiger partial charge >= 0.3 is 0 Å². The van der Waals surface area contributed by atoms with E-state index >= 15 is 0 Å². The fraction of sp³-hybridized carbons (Fsp3) is 1.00. The highest BCUT2D eigenvalue weighted by molar-refractivity contribution is 7.98. The van der Waals surface area contributed by atoms with Gasteiger partial charge < -0.3 is 5.73 Å². The second-order valence-electron chi connectivity index (χ2n) is 3.19. The van der Waals surface area contributed by atoms with Gasteiger partial charge in [-0.05, 0) is 31.8 Å². The highest BCUT2D eigenvalue weighted by Gasteiger charge is 2.17. The Labute approximate surface area is 91.1 Å². The van der Waals surface area contributed by atoms with Crippen LogP contribution in [0.5, 0.6) is 0 Å². The van der Waals surface area contributed by atoms with E-state index in [4.69, 9.17) is 5.73 Å². The van der Waals surface area contributed by atoms with Gasteiger partial charge in [-0.1, -0.05) is 0 Å². The van der Waals surface area contributed by atoms with Gasteiger partial charge in [0.1, 0.15) is 0 Å². The SMILES string of the molecule is CSCCCCNS(=O)(=O)C(C)CN. The molecular formula is C8H20N2O2S2. The molecule has 0 aromatic carbocycles. The molecule has 0 aliphatic heterocycles. The smallest absolute Gasteiger partial charge is 0.215 e. The van der Waals surface area contributed by atoms with Crippen LogP contribution in [0.3, 0.4) is 0 Å². The molecule has 14 heavy (non-hydrogen) atoms. The van der Waals surface area contributed by atoms with Crippen molar-refractivity contribution in [1.29, 1.82) is 0 Å². The minimum atomic E-state index is -3.18. The fourth-order valence-corrected chi connectivity index (χ4v) is 2.31. The minimum absolute atomic E-state index is 0.167. The van der Waals surface area contributed by atoms with Crippen molar-refractivity contribution in [2.24, 2.45) is 5.73 Å². The monoisotopic (exact) mass is 240 g/mol. The first-order chi connectivity index (χ1) is 6.54. The molecule has 4 nitrogen and oxygen atoms in total. The molecule has 0 spiro atoms. The largest absolute Gasteiger partial charge is 0.329 e. The quantitative estimate of drug-likeness (QED) is 0.602. The van der Waals surface area contributed by atoms with Crippen LogP contribution < -0.4 is 10.5 Å². The molecular weight excluding hydrogens is 220 g/mol. The van der Waals surface area contributed by atoms with Crippen LogP contribution >= 0.6 is 11.8 Å². The number of hydrogen-bond donors (Lipinski definition) is 2. The molecule has 6 heteroatoms. The summed E-state index contributed by atoms with van der Waals surface area (Å²) in [5.74, 6) is 1.08. The highest BCUT2D eigenvalue weighted by atomic mass is 32.2. The number of unbranched alkanes of at least 4 members (excludes halogenated alkanes) is 1. The van der Waals surface area contributed by atoms with Gasteiger partial charge in [0.25, 0.3) is 0 Å². The number of nitrogens with two attached hydrogens (primary N) is 1. The molecule has 0 bridgehead atoms. The predicted molar refractivity (Wildman–Crippen MR) is 63.1 cm³/mol. The van der Waals surface area contributed by atoms with Crippen molar-refractivity contribution in [1.82, 2.24) is 4.72 Å². The average molecular weight is 240 g/mol. The van der Waals surface area contributed by atoms with E-state index in [-0.39, 0.29) is 6.54 Å². The summed E-state index contributed by atoms with van der Waals surface area (Å²) in [5, 5.41) is -0.497. The summed E-state index contributed by atoms with van der Waals surface area (Å²) < 4.78 is 25.3. The third-order valence-electron chi connectivity index (χ3n) is 1.94. The Bertz CT molecular complexity index is 229. The number of nitrogens with one attached hydrogen (secondary N) is 1. The highest BCUT2D eigenvalue weighted by Crippen LogP contribution is 2.00. The third kappa shape index (κ3) is 5.85. The van der Waals surface area contributed by atoms with E-state index in [1.807, 2.05) is 6.26 Å². The number of rotatable bonds is 8. The van der Waals surface area contributed by atoms with Crippen molar-refractivity contribution < 1.29 is 8.42 Å². The van der Waals surface area contributed by atoms with E-state index < -0.39 is 15.3 Å². The van der Waals surface area contributed by atoms with Gasteiger partial charge in [-0.15, -0.1) is 0 Å². The van der Waals surface area contributed by atoms with Gasteiger partial charge in [0.15, 0.2) is 0 Å². The Morgan fingerprint density at radius 3 is 2.57 bits per heavy atom. The van der Waals surface area contributed by atoms with Crippen LogP contribution in [-0.2, 0) is 10.0 Å². The summed E-state index contributed by atoms with van der Waals surface area (Å²) >= 11 is 1.77. The molecule has 0 aromatic heterocycles. The first kappa shape index (κ1) is 14.2. The second kappa shape index (κ2) is 7.50. The zero-order valence-corrected chi connectivity index (χ0v) is 10.5. The number of sulfonamides is 1. The van der Waals surface area contributed by atoms with Gasteiger partial charge in [0.2, 0.25) is 10.0 Å². The maximum Gasteiger partial charge on any atom is 0.215 e. The number of hydrogen-bond acceptors (Lipinski definition) is 4. The average Bonchev–Trinajstić information content (AvgIpc) is 2.16. The molecule has 0 radical (unpaired) electrons. The molecule has 0 aromatic rings. The molecule has 0 saturated heterocycles. The summed E-state index contributed by atoms with van der Waals surface area (Å²) in [7, 11) is -3.18. The van der Waals surface area contributed by atoms with Crippen molar-refractivity contribution >= 4 is 21.8 Å². The van der Waals surface area contributed by atoms with Gasteiger partial charge in [-0.3, -0.25) is 0 Å². The summed E-state index contributed by atoms with van der Waals surface area (Å²) in [5.41, 5.74) is 5.29. The Hall–Kier alpha value is 0.220. The number of thioether (sulfide) groups is 1. The molecule has 0 amide bonds. The van der Waals surface area contributed by atoms with Crippen molar-refractivity contribution in [3.05, 3.63) is 0 Å². The lowest BCUT2D eigenvalue weighted by Gasteiger charge is -2.11. The first-order valence-electron chi connectivity index (χ1n) is 4.72. The van der Waals surface area contributed by atoms with Gasteiger partial charge in [-0.2, -0.15) is 11.8 Å². The Kier molecular flexibility index (Phi) is 7.62. The molecule has 3 N–H and O–H groups in total. The van der Waals surface area contributed by atoms with E-state index in [0.717, 1.165) is 18.6 Å².